The quantitative estimate of drug-likeness (QED) is 0.118. The number of hydrogen-bond donors (Lipinski definition) is 2. The molecule has 3 heterocycles. The average molecular weight is 729 g/mol. The first-order chi connectivity index (χ1) is 25.3. The predicted octanol–water partition coefficient (Wildman–Crippen LogP) is 7.61. The number of carboxylic acid groups (broad SMARTS) is 2. The van der Waals surface area contributed by atoms with Crippen LogP contribution in [0, 0.1) is 0 Å². The Hall–Kier alpha value is -4.45. The predicted molar refractivity (Wildman–Crippen MR) is 202 cm³/mol. The molecular weight excluding hydrogens is 681 g/mol. The largest absolute Gasteiger partial charge is 0.497 e. The van der Waals surface area contributed by atoms with Gasteiger partial charge in [0.2, 0.25) is 0 Å². The molecule has 276 valence electrons. The zero-order chi connectivity index (χ0) is 36.5. The van der Waals surface area contributed by atoms with Crippen molar-refractivity contribution in [2.75, 3.05) is 46.4 Å². The second-order valence-corrected chi connectivity index (χ2v) is 14.7. The number of likely N-dealkylation sites (tertiary alicyclic amines) is 2. The van der Waals surface area contributed by atoms with Crippen LogP contribution in [-0.4, -0.2) is 96.3 Å². The van der Waals surface area contributed by atoms with Crippen molar-refractivity contribution in [3.63, 3.8) is 0 Å². The summed E-state index contributed by atoms with van der Waals surface area (Å²) in [6, 6.07) is 22.5. The molecule has 52 heavy (non-hydrogen) atoms. The van der Waals surface area contributed by atoms with Crippen molar-refractivity contribution in [2.45, 2.75) is 69.9 Å². The molecule has 4 aromatic rings. The van der Waals surface area contributed by atoms with Crippen LogP contribution in [0.15, 0.2) is 66.7 Å². The van der Waals surface area contributed by atoms with Gasteiger partial charge in [0, 0.05) is 38.7 Å². The molecule has 0 amide bonds. The van der Waals surface area contributed by atoms with Crippen molar-refractivity contribution in [3.05, 3.63) is 77.9 Å². The van der Waals surface area contributed by atoms with Gasteiger partial charge in [-0.2, -0.15) is 0 Å². The molecule has 2 saturated heterocycles. The Bertz CT molecular complexity index is 1800. The smallest absolute Gasteiger partial charge is 0.414 e. The summed E-state index contributed by atoms with van der Waals surface area (Å²) in [6.07, 6.45) is 11.5. The number of rotatable bonds is 11. The number of carbonyl (C=O) groups excluding carboxylic acids is 1. The molecule has 3 fully saturated rings. The van der Waals surface area contributed by atoms with Crippen molar-refractivity contribution in [1.82, 2.24) is 9.80 Å². The first-order valence-electron chi connectivity index (χ1n) is 18.4. The van der Waals surface area contributed by atoms with E-state index < -0.39 is 11.9 Å². The van der Waals surface area contributed by atoms with E-state index in [0.717, 1.165) is 50.7 Å². The van der Waals surface area contributed by atoms with Crippen LogP contribution in [0.3, 0.4) is 0 Å². The lowest BCUT2D eigenvalue weighted by Gasteiger charge is -2.41. The third kappa shape index (κ3) is 9.31. The summed E-state index contributed by atoms with van der Waals surface area (Å²) >= 11 is 1.65. The van der Waals surface area contributed by atoms with Gasteiger partial charge in [-0.1, -0.05) is 12.8 Å². The fourth-order valence-corrected chi connectivity index (χ4v) is 8.71. The summed E-state index contributed by atoms with van der Waals surface area (Å²) in [5, 5.41) is 15.7. The topological polar surface area (TPSA) is 126 Å². The maximum absolute atomic E-state index is 14.3. The van der Waals surface area contributed by atoms with Crippen LogP contribution in [-0.2, 0) is 9.59 Å². The second kappa shape index (κ2) is 17.9. The van der Waals surface area contributed by atoms with Crippen molar-refractivity contribution in [3.8, 4) is 27.7 Å². The number of carbonyl (C=O) groups is 3. The number of piperidine rings is 1. The number of fused-ring (bicyclic) bond motifs is 1. The highest BCUT2D eigenvalue weighted by Crippen LogP contribution is 2.42. The molecule has 1 saturated carbocycles. The maximum Gasteiger partial charge on any atom is 0.414 e. The Morgan fingerprint density at radius 1 is 0.750 bits per heavy atom. The highest BCUT2D eigenvalue weighted by Gasteiger charge is 2.32. The van der Waals surface area contributed by atoms with Crippen molar-refractivity contribution in [2.24, 2.45) is 0 Å². The van der Waals surface area contributed by atoms with E-state index in [0.29, 0.717) is 23.8 Å². The molecular formula is C41H48N2O8S. The van der Waals surface area contributed by atoms with E-state index in [-0.39, 0.29) is 11.9 Å². The molecule has 0 spiro atoms. The number of hydrogen-bond acceptors (Lipinski definition) is 9. The fraction of sp³-hybridized carbons (Fsp3) is 0.439. The number of ether oxygens (including phenoxy) is 3. The molecule has 7 rings (SSSR count). The fourth-order valence-electron chi connectivity index (χ4n) is 7.52. The van der Waals surface area contributed by atoms with Crippen LogP contribution in [0.1, 0.15) is 73.7 Å². The van der Waals surface area contributed by atoms with Crippen LogP contribution in [0.25, 0.3) is 20.5 Å². The first-order valence-corrected chi connectivity index (χ1v) is 19.2. The summed E-state index contributed by atoms with van der Waals surface area (Å²) in [5.74, 6) is -1.19. The molecule has 10 nitrogen and oxygen atoms in total. The number of thiophene rings is 1. The van der Waals surface area contributed by atoms with Gasteiger partial charge in [-0.25, -0.2) is 9.59 Å². The summed E-state index contributed by atoms with van der Waals surface area (Å²) in [4.78, 5) is 38.6. The summed E-state index contributed by atoms with van der Waals surface area (Å²) in [6.45, 7) is 6.37. The van der Waals surface area contributed by atoms with Gasteiger partial charge in [-0.15, -0.1) is 11.3 Å². The van der Waals surface area contributed by atoms with E-state index in [1.807, 2.05) is 48.5 Å². The Kier molecular flexibility index (Phi) is 12.8. The number of carboxylic acids is 2. The molecule has 2 N–H and O–H groups in total. The molecule has 3 aromatic carbocycles. The van der Waals surface area contributed by atoms with Gasteiger partial charge in [0.15, 0.2) is 5.78 Å². The molecule has 1 aromatic heterocycles. The minimum absolute atomic E-state index is 0.0100. The van der Waals surface area contributed by atoms with Crippen LogP contribution in [0.2, 0.25) is 0 Å². The highest BCUT2D eigenvalue weighted by atomic mass is 32.1. The molecule has 2 aliphatic heterocycles. The number of methoxy groups -OCH3 is 1. The van der Waals surface area contributed by atoms with Gasteiger partial charge in [0.05, 0.1) is 7.11 Å². The maximum atomic E-state index is 14.3. The monoisotopic (exact) mass is 728 g/mol. The van der Waals surface area contributed by atoms with Crippen LogP contribution >= 0.6 is 11.3 Å². The lowest BCUT2D eigenvalue weighted by molar-refractivity contribution is -0.159. The Morgan fingerprint density at radius 2 is 1.38 bits per heavy atom. The molecule has 0 unspecified atom stereocenters. The SMILES string of the molecule is COc1ccc2sc(-c3ccc(OCCN4CCCC4)cc3)c(C(=O)c3ccc(O[C@@H]4CCCC[C@H]4N4CCCCC4)cc3)c2c1.O=C(O)C(=O)O. The summed E-state index contributed by atoms with van der Waals surface area (Å²) in [7, 11) is 1.67. The van der Waals surface area contributed by atoms with E-state index in [1.165, 1.54) is 77.5 Å². The molecule has 2 atom stereocenters. The molecule has 0 radical (unpaired) electrons. The number of nitrogens with zero attached hydrogens (tertiary/aromatic N) is 2. The Morgan fingerprint density at radius 3 is 2.06 bits per heavy atom. The Labute approximate surface area is 308 Å². The lowest BCUT2D eigenvalue weighted by atomic mass is 9.90. The third-order valence-electron chi connectivity index (χ3n) is 10.2. The van der Waals surface area contributed by atoms with Crippen molar-refractivity contribution >= 4 is 39.1 Å². The first kappa shape index (κ1) is 37.3. The van der Waals surface area contributed by atoms with Crippen LogP contribution < -0.4 is 14.2 Å². The number of aliphatic carboxylic acids is 2. The minimum Gasteiger partial charge on any atom is -0.497 e. The van der Waals surface area contributed by atoms with Crippen LogP contribution in [0.5, 0.6) is 17.2 Å². The van der Waals surface area contributed by atoms with E-state index in [4.69, 9.17) is 34.0 Å². The minimum atomic E-state index is -1.82. The lowest BCUT2D eigenvalue weighted by Crippen LogP contribution is -2.49. The van der Waals surface area contributed by atoms with Gasteiger partial charge in [-0.05, 0) is 143 Å². The summed E-state index contributed by atoms with van der Waals surface area (Å²) in [5.41, 5.74) is 2.39. The van der Waals surface area contributed by atoms with E-state index in [9.17, 15) is 4.79 Å². The molecule has 11 heteroatoms. The zero-order valence-corrected chi connectivity index (χ0v) is 30.6. The Balaban J connectivity index is 0.000000715. The van der Waals surface area contributed by atoms with Gasteiger partial charge in [0.25, 0.3) is 0 Å². The van der Waals surface area contributed by atoms with Crippen LogP contribution in [0.4, 0.5) is 0 Å². The average Bonchev–Trinajstić information content (AvgIpc) is 3.84. The second-order valence-electron chi connectivity index (χ2n) is 13.7. The van der Waals surface area contributed by atoms with E-state index >= 15 is 0 Å². The van der Waals surface area contributed by atoms with E-state index in [2.05, 4.69) is 28.0 Å². The van der Waals surface area contributed by atoms with Gasteiger partial charge >= 0.3 is 11.9 Å². The van der Waals surface area contributed by atoms with Gasteiger partial charge in [0.1, 0.15) is 30.0 Å². The molecule has 0 bridgehead atoms. The summed E-state index contributed by atoms with van der Waals surface area (Å²) < 4.78 is 19.3. The third-order valence-corrected chi connectivity index (χ3v) is 11.4. The van der Waals surface area contributed by atoms with Gasteiger partial charge < -0.3 is 24.4 Å². The van der Waals surface area contributed by atoms with Crippen molar-refractivity contribution < 1.29 is 38.8 Å². The molecule has 3 aliphatic rings. The number of ketones is 1. The number of benzene rings is 3. The van der Waals surface area contributed by atoms with Gasteiger partial charge in [-0.3, -0.25) is 14.6 Å². The van der Waals surface area contributed by atoms with E-state index in [1.54, 1.807) is 18.4 Å². The normalized spacial score (nSPS) is 19.4. The highest BCUT2D eigenvalue weighted by molar-refractivity contribution is 7.22. The molecule has 1 aliphatic carbocycles. The standard InChI is InChI=1S/C39H46N2O4S.C2H2O4/c1-43-32-19-20-36-33(27-32)37(39(46-36)29-13-15-30(16-14-29)44-26-25-40-21-7-8-22-40)38(42)28-11-17-31(18-12-28)45-35-10-4-3-9-34(35)41-23-5-2-6-24-41;3-1(4)2(5)6/h11-20,27,34-35H,2-10,21-26H2,1H3;(H,3,4)(H,5,6)/t34-,35-;/m1./s1. The zero-order valence-electron chi connectivity index (χ0n) is 29.8. The van der Waals surface area contributed by atoms with Crippen molar-refractivity contribution in [1.29, 1.82) is 0 Å².